The fraction of sp³-hybridized carbons (Fsp3) is 0.409. The molecular formula is C22H29N3O2. The SMILES string of the molecule is CCCc1c(CN(C)O)c2cc(C)ccc2n1CC(C)(O)c1cccnc1. The van der Waals surface area contributed by atoms with Crippen molar-refractivity contribution in [3.05, 3.63) is 65.1 Å². The van der Waals surface area contributed by atoms with Crippen LogP contribution in [0.3, 0.4) is 0 Å². The first-order chi connectivity index (χ1) is 12.8. The summed E-state index contributed by atoms with van der Waals surface area (Å²) in [6.45, 7) is 6.95. The van der Waals surface area contributed by atoms with Gasteiger partial charge in [-0.05, 0) is 44.0 Å². The maximum Gasteiger partial charge on any atom is 0.106 e. The molecule has 0 aliphatic heterocycles. The number of pyridine rings is 1. The number of aliphatic hydroxyl groups is 1. The monoisotopic (exact) mass is 367 g/mol. The predicted octanol–water partition coefficient (Wildman–Crippen LogP) is 4.03. The van der Waals surface area contributed by atoms with Crippen molar-refractivity contribution in [2.45, 2.75) is 52.3 Å². The molecule has 1 unspecified atom stereocenters. The maximum absolute atomic E-state index is 11.2. The van der Waals surface area contributed by atoms with Gasteiger partial charge in [-0.15, -0.1) is 0 Å². The highest BCUT2D eigenvalue weighted by Crippen LogP contribution is 2.32. The number of aryl methyl sites for hydroxylation is 1. The van der Waals surface area contributed by atoms with Gasteiger partial charge >= 0.3 is 0 Å². The lowest BCUT2D eigenvalue weighted by Crippen LogP contribution is -2.29. The molecule has 0 fully saturated rings. The molecule has 0 aliphatic carbocycles. The van der Waals surface area contributed by atoms with Crippen molar-refractivity contribution in [3.8, 4) is 0 Å². The molecule has 3 aromatic rings. The zero-order valence-electron chi connectivity index (χ0n) is 16.6. The van der Waals surface area contributed by atoms with Gasteiger partial charge in [0.05, 0.1) is 13.1 Å². The van der Waals surface area contributed by atoms with E-state index in [2.05, 4.69) is 41.6 Å². The Labute approximate surface area is 160 Å². The van der Waals surface area contributed by atoms with E-state index in [1.54, 1.807) is 19.4 Å². The fourth-order valence-corrected chi connectivity index (χ4v) is 3.78. The number of hydrogen-bond acceptors (Lipinski definition) is 4. The summed E-state index contributed by atoms with van der Waals surface area (Å²) in [5.74, 6) is 0. The van der Waals surface area contributed by atoms with E-state index in [9.17, 15) is 10.3 Å². The minimum absolute atomic E-state index is 0.433. The molecule has 3 rings (SSSR count). The van der Waals surface area contributed by atoms with E-state index in [0.717, 1.165) is 34.9 Å². The predicted molar refractivity (Wildman–Crippen MR) is 108 cm³/mol. The van der Waals surface area contributed by atoms with Crippen molar-refractivity contribution in [2.24, 2.45) is 0 Å². The van der Waals surface area contributed by atoms with Crippen molar-refractivity contribution < 1.29 is 10.3 Å². The summed E-state index contributed by atoms with van der Waals surface area (Å²) < 4.78 is 2.21. The van der Waals surface area contributed by atoms with Crippen LogP contribution in [0.4, 0.5) is 0 Å². The highest BCUT2D eigenvalue weighted by molar-refractivity contribution is 5.86. The minimum atomic E-state index is -1.05. The lowest BCUT2D eigenvalue weighted by molar-refractivity contribution is -0.0730. The largest absolute Gasteiger partial charge is 0.384 e. The Hall–Kier alpha value is -2.21. The molecule has 2 aromatic heterocycles. The van der Waals surface area contributed by atoms with Crippen LogP contribution in [0.5, 0.6) is 0 Å². The van der Waals surface area contributed by atoms with Crippen LogP contribution >= 0.6 is 0 Å². The molecule has 27 heavy (non-hydrogen) atoms. The van der Waals surface area contributed by atoms with E-state index in [1.165, 1.54) is 16.3 Å². The maximum atomic E-state index is 11.2. The molecule has 0 saturated carbocycles. The van der Waals surface area contributed by atoms with E-state index in [4.69, 9.17) is 0 Å². The van der Waals surface area contributed by atoms with Crippen LogP contribution in [-0.4, -0.2) is 32.0 Å². The molecule has 1 aromatic carbocycles. The number of hydrogen-bond donors (Lipinski definition) is 2. The van der Waals surface area contributed by atoms with Crippen molar-refractivity contribution in [1.82, 2.24) is 14.6 Å². The minimum Gasteiger partial charge on any atom is -0.384 e. The molecule has 0 radical (unpaired) electrons. The number of aromatic nitrogens is 2. The second-order valence-corrected chi connectivity index (χ2v) is 7.61. The van der Waals surface area contributed by atoms with Gasteiger partial charge in [-0.2, -0.15) is 5.06 Å². The van der Waals surface area contributed by atoms with Crippen molar-refractivity contribution >= 4 is 10.9 Å². The second kappa shape index (κ2) is 7.80. The Morgan fingerprint density at radius 1 is 1.26 bits per heavy atom. The average molecular weight is 367 g/mol. The standard InChI is InChI=1S/C22H29N3O2/c1-5-7-20-19(14-24(4)27)18-12-16(2)9-10-21(18)25(20)15-22(3,26)17-8-6-11-23-13-17/h6,8-13,26-27H,5,7,14-15H2,1-4H3. The van der Waals surface area contributed by atoms with Crippen molar-refractivity contribution in [3.63, 3.8) is 0 Å². The topological polar surface area (TPSA) is 61.5 Å². The Bertz CT molecular complexity index is 914. The van der Waals surface area contributed by atoms with Crippen molar-refractivity contribution in [1.29, 1.82) is 0 Å². The van der Waals surface area contributed by atoms with Crippen LogP contribution < -0.4 is 0 Å². The molecule has 0 amide bonds. The van der Waals surface area contributed by atoms with E-state index < -0.39 is 5.60 Å². The van der Waals surface area contributed by atoms with Gasteiger partial charge in [0.1, 0.15) is 5.60 Å². The summed E-state index contributed by atoms with van der Waals surface area (Å²) in [5, 5.41) is 23.5. The normalized spacial score (nSPS) is 14.0. The third-order valence-electron chi connectivity index (χ3n) is 5.07. The van der Waals surface area contributed by atoms with Gasteiger partial charge in [-0.25, -0.2) is 0 Å². The highest BCUT2D eigenvalue weighted by atomic mass is 16.5. The first-order valence-corrected chi connectivity index (χ1v) is 9.47. The molecule has 2 heterocycles. The third kappa shape index (κ3) is 4.05. The lowest BCUT2D eigenvalue weighted by Gasteiger charge is -2.26. The van der Waals surface area contributed by atoms with Crippen LogP contribution in [-0.2, 0) is 25.1 Å². The van der Waals surface area contributed by atoms with Crippen LogP contribution in [0.2, 0.25) is 0 Å². The first kappa shape index (κ1) is 19.5. The van der Waals surface area contributed by atoms with Gasteiger partial charge in [-0.1, -0.05) is 31.0 Å². The van der Waals surface area contributed by atoms with Crippen molar-refractivity contribution in [2.75, 3.05) is 7.05 Å². The second-order valence-electron chi connectivity index (χ2n) is 7.61. The summed E-state index contributed by atoms with van der Waals surface area (Å²) in [6, 6.07) is 10.1. The first-order valence-electron chi connectivity index (χ1n) is 9.47. The molecular weight excluding hydrogens is 338 g/mol. The van der Waals surface area contributed by atoms with E-state index in [0.29, 0.717) is 13.1 Å². The van der Waals surface area contributed by atoms with Crippen LogP contribution in [0.15, 0.2) is 42.7 Å². The van der Waals surface area contributed by atoms with E-state index >= 15 is 0 Å². The number of rotatable bonds is 7. The lowest BCUT2D eigenvalue weighted by atomic mass is 9.97. The molecule has 5 nitrogen and oxygen atoms in total. The summed E-state index contributed by atoms with van der Waals surface area (Å²) >= 11 is 0. The number of fused-ring (bicyclic) bond motifs is 1. The summed E-state index contributed by atoms with van der Waals surface area (Å²) in [6.07, 6.45) is 5.31. The zero-order chi connectivity index (χ0) is 19.6. The summed E-state index contributed by atoms with van der Waals surface area (Å²) in [7, 11) is 1.67. The molecule has 0 spiro atoms. The van der Waals surface area contributed by atoms with Gasteiger partial charge in [0, 0.05) is 41.6 Å². The summed E-state index contributed by atoms with van der Waals surface area (Å²) in [4.78, 5) is 4.16. The number of nitrogens with zero attached hydrogens (tertiary/aromatic N) is 3. The molecule has 0 saturated heterocycles. The Kier molecular flexibility index (Phi) is 5.65. The Morgan fingerprint density at radius 3 is 2.67 bits per heavy atom. The smallest absolute Gasteiger partial charge is 0.106 e. The Morgan fingerprint density at radius 2 is 2.04 bits per heavy atom. The van der Waals surface area contributed by atoms with Gasteiger partial charge in [-0.3, -0.25) is 4.98 Å². The number of hydroxylamine groups is 2. The zero-order valence-corrected chi connectivity index (χ0v) is 16.6. The van der Waals surface area contributed by atoms with Crippen LogP contribution in [0.1, 0.15) is 42.7 Å². The van der Waals surface area contributed by atoms with Gasteiger partial charge < -0.3 is 14.9 Å². The van der Waals surface area contributed by atoms with Crippen LogP contribution in [0, 0.1) is 6.92 Å². The quantitative estimate of drug-likeness (QED) is 0.619. The Balaban J connectivity index is 2.17. The van der Waals surface area contributed by atoms with Gasteiger partial charge in [0.15, 0.2) is 0 Å². The average Bonchev–Trinajstić information content (AvgIpc) is 2.88. The fourth-order valence-electron chi connectivity index (χ4n) is 3.78. The van der Waals surface area contributed by atoms with E-state index in [-0.39, 0.29) is 0 Å². The summed E-state index contributed by atoms with van der Waals surface area (Å²) in [5.41, 5.74) is 4.32. The molecule has 144 valence electrons. The highest BCUT2D eigenvalue weighted by Gasteiger charge is 2.27. The third-order valence-corrected chi connectivity index (χ3v) is 5.07. The molecule has 0 bridgehead atoms. The molecule has 1 atom stereocenters. The molecule has 0 aliphatic rings. The van der Waals surface area contributed by atoms with Gasteiger partial charge in [0.25, 0.3) is 0 Å². The molecule has 2 N–H and O–H groups in total. The van der Waals surface area contributed by atoms with Gasteiger partial charge in [0.2, 0.25) is 0 Å². The van der Waals surface area contributed by atoms with E-state index in [1.807, 2.05) is 19.1 Å². The molecule has 5 heteroatoms. The number of benzene rings is 1. The van der Waals surface area contributed by atoms with Crippen LogP contribution in [0.25, 0.3) is 10.9 Å².